The van der Waals surface area contributed by atoms with Crippen molar-refractivity contribution in [2.45, 2.75) is 18.6 Å². The van der Waals surface area contributed by atoms with Crippen LogP contribution < -0.4 is 4.74 Å². The molecule has 5 heteroatoms. The molecule has 1 aliphatic rings. The van der Waals surface area contributed by atoms with Gasteiger partial charge in [0.2, 0.25) is 0 Å². The van der Waals surface area contributed by atoms with Gasteiger partial charge in [-0.25, -0.2) is 8.78 Å². The topological polar surface area (TPSA) is 29.5 Å². The van der Waals surface area contributed by atoms with E-state index in [0.29, 0.717) is 27.8 Å². The van der Waals surface area contributed by atoms with E-state index in [-0.39, 0.29) is 0 Å². The lowest BCUT2D eigenvalue weighted by Crippen LogP contribution is -2.19. The molecule has 2 aromatic rings. The van der Waals surface area contributed by atoms with Crippen LogP contribution in [0, 0.1) is 11.6 Å². The number of ether oxygens (including phenoxy) is 1. The van der Waals surface area contributed by atoms with Crippen molar-refractivity contribution in [3.63, 3.8) is 0 Å². The molecule has 0 spiro atoms. The Morgan fingerprint density at radius 3 is 2.70 bits per heavy atom. The van der Waals surface area contributed by atoms with Gasteiger partial charge in [-0.15, -0.1) is 0 Å². The lowest BCUT2D eigenvalue weighted by molar-refractivity contribution is 0.0652. The summed E-state index contributed by atoms with van der Waals surface area (Å²) in [4.78, 5) is 0. The van der Waals surface area contributed by atoms with Crippen LogP contribution in [-0.2, 0) is 0 Å². The lowest BCUT2D eigenvalue weighted by Gasteiger charge is -2.30. The summed E-state index contributed by atoms with van der Waals surface area (Å²) < 4.78 is 32.9. The van der Waals surface area contributed by atoms with Crippen molar-refractivity contribution in [2.75, 3.05) is 0 Å². The fourth-order valence-electron chi connectivity index (χ4n) is 2.33. The van der Waals surface area contributed by atoms with Crippen LogP contribution in [0.25, 0.3) is 0 Å². The van der Waals surface area contributed by atoms with Crippen molar-refractivity contribution in [1.82, 2.24) is 0 Å². The van der Waals surface area contributed by atoms with Crippen LogP contribution in [0.1, 0.15) is 29.8 Å². The zero-order valence-corrected chi connectivity index (χ0v) is 11.9. The van der Waals surface area contributed by atoms with Crippen LogP contribution in [0.3, 0.4) is 0 Å². The fourth-order valence-corrected chi connectivity index (χ4v) is 2.58. The summed E-state index contributed by atoms with van der Waals surface area (Å²) in [5.74, 6) is -0.527. The van der Waals surface area contributed by atoms with Gasteiger partial charge in [0.1, 0.15) is 23.5 Å². The van der Waals surface area contributed by atoms with Gasteiger partial charge >= 0.3 is 0 Å². The molecule has 1 heterocycles. The normalized spacial score (nSPS) is 21.2. The van der Waals surface area contributed by atoms with Crippen molar-refractivity contribution in [3.05, 3.63) is 63.6 Å². The van der Waals surface area contributed by atoms with Gasteiger partial charge in [-0.1, -0.05) is 6.07 Å². The average molecular weight is 341 g/mol. The highest BCUT2D eigenvalue weighted by Gasteiger charge is 2.28. The first kappa shape index (κ1) is 13.5. The van der Waals surface area contributed by atoms with E-state index in [0.717, 1.165) is 0 Å². The van der Waals surface area contributed by atoms with E-state index in [4.69, 9.17) is 4.74 Å². The van der Waals surface area contributed by atoms with Crippen molar-refractivity contribution in [3.8, 4) is 5.75 Å². The van der Waals surface area contributed by atoms with E-state index in [1.165, 1.54) is 24.3 Å². The summed E-state index contributed by atoms with van der Waals surface area (Å²) >= 11 is 3.09. The molecule has 2 atom stereocenters. The first-order valence-electron chi connectivity index (χ1n) is 6.13. The Hall–Kier alpha value is -1.46. The summed E-state index contributed by atoms with van der Waals surface area (Å²) in [7, 11) is 0. The van der Waals surface area contributed by atoms with Crippen molar-refractivity contribution in [2.24, 2.45) is 0 Å². The van der Waals surface area contributed by atoms with E-state index < -0.39 is 23.8 Å². The largest absolute Gasteiger partial charge is 0.485 e. The van der Waals surface area contributed by atoms with Gasteiger partial charge in [-0.3, -0.25) is 0 Å². The predicted molar refractivity (Wildman–Crippen MR) is 73.4 cm³/mol. The highest BCUT2D eigenvalue weighted by atomic mass is 79.9. The summed E-state index contributed by atoms with van der Waals surface area (Å²) in [6.45, 7) is 0. The number of hydrogen-bond donors (Lipinski definition) is 1. The first-order valence-corrected chi connectivity index (χ1v) is 6.93. The Morgan fingerprint density at radius 2 is 1.95 bits per heavy atom. The molecule has 104 valence electrons. The molecule has 0 radical (unpaired) electrons. The quantitative estimate of drug-likeness (QED) is 0.839. The maximum atomic E-state index is 13.6. The average Bonchev–Trinajstić information content (AvgIpc) is 2.41. The highest BCUT2D eigenvalue weighted by molar-refractivity contribution is 9.10. The minimum atomic E-state index is -0.754. The number of aliphatic hydroxyl groups excluding tert-OH is 1. The Kier molecular flexibility index (Phi) is 3.48. The summed E-state index contributed by atoms with van der Waals surface area (Å²) in [5.41, 5.74) is 1.17. The number of hydrogen-bond acceptors (Lipinski definition) is 2. The second-order valence-electron chi connectivity index (χ2n) is 4.71. The van der Waals surface area contributed by atoms with Gasteiger partial charge in [0.15, 0.2) is 0 Å². The van der Waals surface area contributed by atoms with Crippen molar-refractivity contribution >= 4 is 15.9 Å². The van der Waals surface area contributed by atoms with Gasteiger partial charge < -0.3 is 9.84 Å². The van der Waals surface area contributed by atoms with E-state index in [1.807, 2.05) is 0 Å². The van der Waals surface area contributed by atoms with E-state index in [2.05, 4.69) is 15.9 Å². The minimum Gasteiger partial charge on any atom is -0.485 e. The molecule has 0 bridgehead atoms. The third-order valence-electron chi connectivity index (χ3n) is 3.36. The smallest absolute Gasteiger partial charge is 0.137 e. The SMILES string of the molecule is O[C@H]1CC(c2ccc(Br)c(F)c2)Oc2cc(F)ccc21. The first-order chi connectivity index (χ1) is 9.54. The van der Waals surface area contributed by atoms with E-state index in [9.17, 15) is 13.9 Å². The maximum Gasteiger partial charge on any atom is 0.137 e. The molecule has 1 unspecified atom stereocenters. The minimum absolute atomic E-state index is 0.303. The molecule has 0 saturated heterocycles. The second-order valence-corrected chi connectivity index (χ2v) is 5.57. The van der Waals surface area contributed by atoms with Gasteiger partial charge in [-0.2, -0.15) is 0 Å². The molecule has 0 aromatic heterocycles. The molecule has 0 fully saturated rings. The van der Waals surface area contributed by atoms with Crippen molar-refractivity contribution < 1.29 is 18.6 Å². The Labute approximate surface area is 123 Å². The molecule has 2 nitrogen and oxygen atoms in total. The Balaban J connectivity index is 1.96. The lowest BCUT2D eigenvalue weighted by atomic mass is 9.95. The number of aliphatic hydroxyl groups is 1. The monoisotopic (exact) mass is 340 g/mol. The molecular formula is C15H11BrF2O2. The zero-order chi connectivity index (χ0) is 14.3. The second kappa shape index (κ2) is 5.14. The number of fused-ring (bicyclic) bond motifs is 1. The van der Waals surface area contributed by atoms with Crippen LogP contribution in [0.2, 0.25) is 0 Å². The predicted octanol–water partition coefficient (Wildman–Crippen LogP) is 4.28. The van der Waals surface area contributed by atoms with E-state index in [1.54, 1.807) is 12.1 Å². The van der Waals surface area contributed by atoms with Crippen LogP contribution in [-0.4, -0.2) is 5.11 Å². The molecule has 3 rings (SSSR count). The molecule has 0 aliphatic carbocycles. The van der Waals surface area contributed by atoms with E-state index >= 15 is 0 Å². The third-order valence-corrected chi connectivity index (χ3v) is 4.00. The standard InChI is InChI=1S/C15H11BrF2O2/c16-11-4-1-8(5-12(11)18)14-7-13(19)10-3-2-9(17)6-15(10)20-14/h1-6,13-14,19H,7H2/t13-,14?/m0/s1. The number of rotatable bonds is 1. The van der Waals surface area contributed by atoms with Crippen LogP contribution in [0.5, 0.6) is 5.75 Å². The Morgan fingerprint density at radius 1 is 1.15 bits per heavy atom. The van der Waals surface area contributed by atoms with Crippen LogP contribution in [0.15, 0.2) is 40.9 Å². The molecule has 20 heavy (non-hydrogen) atoms. The molecule has 1 N–H and O–H groups in total. The molecule has 0 saturated carbocycles. The van der Waals surface area contributed by atoms with Crippen LogP contribution in [0.4, 0.5) is 8.78 Å². The summed E-state index contributed by atoms with van der Waals surface area (Å²) in [6.07, 6.45) is -0.947. The zero-order valence-electron chi connectivity index (χ0n) is 10.3. The van der Waals surface area contributed by atoms with Gasteiger partial charge in [0, 0.05) is 18.1 Å². The molecule has 0 amide bonds. The van der Waals surface area contributed by atoms with Gasteiger partial charge in [0.05, 0.1) is 10.6 Å². The Bertz CT molecular complexity index is 660. The number of benzene rings is 2. The molecular weight excluding hydrogens is 330 g/mol. The molecule has 2 aromatic carbocycles. The fraction of sp³-hybridized carbons (Fsp3) is 0.200. The summed E-state index contributed by atoms with van der Waals surface area (Å²) in [5, 5.41) is 10.1. The highest BCUT2D eigenvalue weighted by Crippen LogP contribution is 2.41. The van der Waals surface area contributed by atoms with Gasteiger partial charge in [-0.05, 0) is 45.8 Å². The third kappa shape index (κ3) is 2.43. The maximum absolute atomic E-state index is 13.6. The summed E-state index contributed by atoms with van der Waals surface area (Å²) in [6, 6.07) is 8.68. The van der Waals surface area contributed by atoms with Gasteiger partial charge in [0.25, 0.3) is 0 Å². The molecule has 1 aliphatic heterocycles. The van der Waals surface area contributed by atoms with Crippen LogP contribution >= 0.6 is 15.9 Å². The number of halogens is 3. The van der Waals surface area contributed by atoms with Crippen molar-refractivity contribution in [1.29, 1.82) is 0 Å².